The number of rotatable bonds is 5. The van der Waals surface area contributed by atoms with Gasteiger partial charge >= 0.3 is 0 Å². The number of hydrogen-bond donors (Lipinski definition) is 0. The van der Waals surface area contributed by atoms with Gasteiger partial charge in [0.2, 0.25) is 0 Å². The first-order valence-corrected chi connectivity index (χ1v) is 15.6. The van der Waals surface area contributed by atoms with Crippen LogP contribution in [0, 0.1) is 0 Å². The Labute approximate surface area is 330 Å². The lowest BCUT2D eigenvalue weighted by molar-refractivity contribution is 0.669. The van der Waals surface area contributed by atoms with Crippen molar-refractivity contribution in [3.8, 4) is 55.6 Å². The van der Waals surface area contributed by atoms with Crippen molar-refractivity contribution in [2.75, 3.05) is 0 Å². The van der Waals surface area contributed by atoms with Gasteiger partial charge in [-0.3, -0.25) is 0 Å². The lowest BCUT2D eigenvalue weighted by Gasteiger charge is -2.19. The Bertz CT molecular complexity index is 4050. The fourth-order valence-electron chi connectivity index (χ4n) is 6.40. The van der Waals surface area contributed by atoms with Gasteiger partial charge in [-0.2, -0.15) is 0 Å². The predicted octanol–water partition coefficient (Wildman–Crippen LogP) is 14.2. The molecule has 0 atom stereocenters. The number of fused-ring (bicyclic) bond motifs is 5. The van der Waals surface area contributed by atoms with E-state index in [1.165, 1.54) is 0 Å². The van der Waals surface area contributed by atoms with E-state index >= 15 is 0 Å². The van der Waals surface area contributed by atoms with Gasteiger partial charge in [0, 0.05) is 10.8 Å². The molecule has 0 unspecified atom stereocenters. The first-order valence-electron chi connectivity index (χ1n) is 27.6. The summed E-state index contributed by atoms with van der Waals surface area (Å²) >= 11 is 0. The molecule has 0 fully saturated rings. The van der Waals surface area contributed by atoms with Crippen molar-refractivity contribution < 1.29 is 37.3 Å². The maximum atomic E-state index is 9.95. The van der Waals surface area contributed by atoms with E-state index in [0.29, 0.717) is 0 Å². The zero-order valence-electron chi connectivity index (χ0n) is 50.0. The van der Waals surface area contributed by atoms with Crippen LogP contribution in [0.15, 0.2) is 198 Å². The molecule has 0 saturated heterocycles. The predicted molar refractivity (Wildman–Crippen MR) is 216 cm³/mol. The summed E-state index contributed by atoms with van der Waals surface area (Å²) in [7, 11) is 0. The molecule has 1 aromatic heterocycles. The molecule has 9 aromatic carbocycles. The smallest absolute Gasteiger partial charge is 0.136 e. The van der Waals surface area contributed by atoms with Crippen LogP contribution < -0.4 is 0 Å². The molecule has 0 radical (unpaired) electrons. The van der Waals surface area contributed by atoms with E-state index in [1.54, 1.807) is 48.5 Å². The second-order valence-electron chi connectivity index (χ2n) is 11.4. The minimum Gasteiger partial charge on any atom is -0.456 e. The summed E-state index contributed by atoms with van der Waals surface area (Å²) in [5.41, 5.74) is -4.98. The van der Waals surface area contributed by atoms with Crippen LogP contribution in [0.5, 0.6) is 0 Å². The summed E-state index contributed by atoms with van der Waals surface area (Å²) in [6, 6.07) is -5.97. The summed E-state index contributed by atoms with van der Waals surface area (Å²) in [4.78, 5) is 0. The van der Waals surface area contributed by atoms with Gasteiger partial charge in [-0.15, -0.1) is 0 Å². The molecule has 1 nitrogen and oxygen atoms in total. The van der Waals surface area contributed by atoms with Crippen molar-refractivity contribution in [3.63, 3.8) is 0 Å². The lowest BCUT2D eigenvalue weighted by Crippen LogP contribution is -1.92. The third-order valence-corrected chi connectivity index (χ3v) is 8.50. The SMILES string of the molecule is [2H]c1c([2H])c([2H])c(-c2c([2H])c(-c3c([2H])c([2H])c([2H])c([2H])c3[2H])c([2H])c(-c3c4ccccc4c(-c4c([2H])c([2H])c([2H])c5oc6c([2H])c([2H])c(-c7c([2H])c([2H])c([2H])c([2H])c7[2H])c([2H])c6c45)c4ccccc34)c2[2H])c([2H])c1[2H]. The van der Waals surface area contributed by atoms with Crippen LogP contribution in [0.2, 0.25) is 0 Å². The molecule has 0 aliphatic heterocycles. The number of benzene rings is 9. The van der Waals surface area contributed by atoms with Crippen LogP contribution in [0.3, 0.4) is 0 Å². The molecule has 0 aliphatic carbocycles. The molecule has 1 heterocycles. The minimum absolute atomic E-state index is 0.0159. The Morgan fingerprint density at radius 1 is 0.333 bits per heavy atom. The minimum atomic E-state index is -0.860. The first kappa shape index (κ1) is 13.9. The van der Waals surface area contributed by atoms with Gasteiger partial charge in [0.1, 0.15) is 11.2 Å². The van der Waals surface area contributed by atoms with E-state index in [0.717, 1.165) is 0 Å². The third-order valence-electron chi connectivity index (χ3n) is 8.50. The molecule has 0 spiro atoms. The highest BCUT2D eigenvalue weighted by atomic mass is 16.3. The van der Waals surface area contributed by atoms with E-state index < -0.39 is 190 Å². The number of furan rings is 1. The van der Waals surface area contributed by atoms with Gasteiger partial charge in [0.15, 0.2) is 0 Å². The topological polar surface area (TPSA) is 13.1 Å². The van der Waals surface area contributed by atoms with E-state index in [2.05, 4.69) is 0 Å². The molecule has 0 aliphatic rings. The van der Waals surface area contributed by atoms with E-state index in [1.807, 2.05) is 0 Å². The van der Waals surface area contributed by atoms with E-state index in [4.69, 9.17) is 30.5 Å². The van der Waals surface area contributed by atoms with Gasteiger partial charge in [0.25, 0.3) is 0 Å². The second kappa shape index (κ2) is 12.0. The van der Waals surface area contributed by atoms with E-state index in [-0.39, 0.29) is 54.6 Å². The highest BCUT2D eigenvalue weighted by Gasteiger charge is 2.21. The summed E-state index contributed by atoms with van der Waals surface area (Å²) < 4.78 is 220. The molecule has 0 amide bonds. The van der Waals surface area contributed by atoms with Crippen LogP contribution in [0.1, 0.15) is 32.9 Å². The fraction of sp³-hybridized carbons (Fsp3) is 0. The van der Waals surface area contributed by atoms with Gasteiger partial charge in [-0.25, -0.2) is 0 Å². The molecule has 10 aromatic rings. The Balaban J connectivity index is 1.43. The molecular formula is C50H32O. The summed E-state index contributed by atoms with van der Waals surface area (Å²) in [5, 5.41) is 0.200. The van der Waals surface area contributed by atoms with Crippen molar-refractivity contribution in [2.45, 2.75) is 0 Å². The van der Waals surface area contributed by atoms with Crippen molar-refractivity contribution in [2.24, 2.45) is 0 Å². The molecule has 1 heteroatoms. The summed E-state index contributed by atoms with van der Waals surface area (Å²) in [5.74, 6) is 0. The molecule has 51 heavy (non-hydrogen) atoms. The zero-order chi connectivity index (χ0) is 54.6. The highest BCUT2D eigenvalue weighted by molar-refractivity contribution is 6.26. The van der Waals surface area contributed by atoms with Crippen molar-refractivity contribution in [1.29, 1.82) is 0 Å². The molecule has 0 saturated carbocycles. The Morgan fingerprint density at radius 3 is 1.37 bits per heavy atom. The summed E-state index contributed by atoms with van der Waals surface area (Å²) in [6.45, 7) is 0. The van der Waals surface area contributed by atoms with Crippen LogP contribution in [0.25, 0.3) is 99.1 Å². The normalized spacial score (nSPS) is 18.1. The van der Waals surface area contributed by atoms with Crippen molar-refractivity contribution >= 4 is 43.5 Å². The van der Waals surface area contributed by atoms with Crippen molar-refractivity contribution in [1.82, 2.24) is 0 Å². The average Bonchev–Trinajstić information content (AvgIpc) is 3.80. The summed E-state index contributed by atoms with van der Waals surface area (Å²) in [6.07, 6.45) is 0. The molecule has 0 bridgehead atoms. The van der Waals surface area contributed by atoms with Crippen LogP contribution in [-0.4, -0.2) is 0 Å². The van der Waals surface area contributed by atoms with Gasteiger partial charge in [-0.05, 0) is 113 Å². The molecular weight excluding hydrogens is 617 g/mol. The largest absolute Gasteiger partial charge is 0.456 e. The Kier molecular flexibility index (Phi) is 3.27. The van der Waals surface area contributed by atoms with E-state index in [9.17, 15) is 6.85 Å². The second-order valence-corrected chi connectivity index (χ2v) is 11.4. The van der Waals surface area contributed by atoms with Crippen LogP contribution in [0.4, 0.5) is 0 Å². The Hall–Kier alpha value is -6.70. The molecule has 238 valence electrons. The number of hydrogen-bond acceptors (Lipinski definition) is 1. The molecule has 10 rings (SSSR count). The molecule has 0 N–H and O–H groups in total. The fourth-order valence-corrected chi connectivity index (χ4v) is 6.40. The first-order chi connectivity index (χ1) is 35.3. The standard InChI is InChI=1S/C50H32O/c1-4-15-33(16-5-1)36-27-28-46-45(32-36)50-44(25-14-26-47(50)51-46)49-42-23-12-10-21-40(42)48(41-22-11-13-24-43(41)49)39-30-37(34-17-6-2-7-18-34)29-38(31-39)35-19-8-3-9-20-35/h1-32H/i1D,2D,3D,4D,5D,6D,7D,8D,9D,14D,15D,16D,17D,18D,19D,20D,25D,26D,27D,28D,29D,30D,31D,32D. The maximum absolute atomic E-state index is 9.95. The van der Waals surface area contributed by atoms with Gasteiger partial charge in [0.05, 0.1) is 32.9 Å². The lowest BCUT2D eigenvalue weighted by atomic mass is 9.83. The van der Waals surface area contributed by atoms with Crippen LogP contribution in [-0.2, 0) is 0 Å². The third kappa shape index (κ3) is 4.94. The average molecular weight is 673 g/mol. The quantitative estimate of drug-likeness (QED) is 0.166. The van der Waals surface area contributed by atoms with Gasteiger partial charge < -0.3 is 4.42 Å². The monoisotopic (exact) mass is 672 g/mol. The highest BCUT2D eigenvalue weighted by Crippen LogP contribution is 2.48. The zero-order valence-corrected chi connectivity index (χ0v) is 26.0. The van der Waals surface area contributed by atoms with Gasteiger partial charge in [-0.1, -0.05) is 157 Å². The maximum Gasteiger partial charge on any atom is 0.136 e. The Morgan fingerprint density at radius 2 is 0.824 bits per heavy atom. The van der Waals surface area contributed by atoms with Crippen molar-refractivity contribution in [3.05, 3.63) is 194 Å². The van der Waals surface area contributed by atoms with Crippen LogP contribution >= 0.6 is 0 Å².